The van der Waals surface area contributed by atoms with Crippen LogP contribution in [-0.4, -0.2) is 16.3 Å². The van der Waals surface area contributed by atoms with Crippen LogP contribution in [0.1, 0.15) is 34.3 Å². The molecule has 1 fully saturated rings. The molecule has 33 heavy (non-hydrogen) atoms. The molecule has 1 aliphatic carbocycles. The fraction of sp³-hybridized carbons (Fsp3) is 0.208. The highest BCUT2D eigenvalue weighted by Crippen LogP contribution is 2.40. The lowest BCUT2D eigenvalue weighted by Gasteiger charge is -2.21. The number of carbonyl (C=O) groups excluding carboxylic acids is 1. The molecule has 1 aliphatic rings. The van der Waals surface area contributed by atoms with Crippen molar-refractivity contribution in [2.24, 2.45) is 0 Å². The first-order valence-electron chi connectivity index (χ1n) is 10.1. The largest absolute Gasteiger partial charge is 0.457 e. The zero-order valence-electron chi connectivity index (χ0n) is 17.2. The second-order valence-corrected chi connectivity index (χ2v) is 8.62. The number of hydrogen-bond acceptors (Lipinski definition) is 4. The summed E-state index contributed by atoms with van der Waals surface area (Å²) in [5.41, 5.74) is 1.89. The van der Waals surface area contributed by atoms with Crippen molar-refractivity contribution in [3.05, 3.63) is 100 Å². The van der Waals surface area contributed by atoms with Crippen LogP contribution in [0.2, 0.25) is 0 Å². The minimum Gasteiger partial charge on any atom is -0.457 e. The molecule has 0 unspecified atom stereocenters. The normalized spacial score (nSPS) is 13.4. The van der Waals surface area contributed by atoms with Crippen LogP contribution in [0.5, 0.6) is 0 Å². The van der Waals surface area contributed by atoms with Crippen molar-refractivity contribution < 1.29 is 31.5 Å². The maximum Gasteiger partial charge on any atom is 0.338 e. The van der Waals surface area contributed by atoms with Gasteiger partial charge in [0.25, 0.3) is 0 Å². The van der Waals surface area contributed by atoms with E-state index in [-0.39, 0.29) is 19.2 Å². The smallest absolute Gasteiger partial charge is 0.338 e. The highest BCUT2D eigenvalue weighted by Gasteiger charge is 2.34. The van der Waals surface area contributed by atoms with E-state index in [1.807, 2.05) is 30.3 Å². The number of halogens is 5. The van der Waals surface area contributed by atoms with Gasteiger partial charge < -0.3 is 4.74 Å². The van der Waals surface area contributed by atoms with Gasteiger partial charge in [-0.15, -0.1) is 0 Å². The molecular weight excluding hydrogens is 461 g/mol. The van der Waals surface area contributed by atoms with E-state index in [0.29, 0.717) is 23.1 Å². The number of carbonyl (C=O) groups is 1. The molecule has 3 nitrogen and oxygen atoms in total. The lowest BCUT2D eigenvalue weighted by Crippen LogP contribution is -2.19. The maximum atomic E-state index is 14.1. The van der Waals surface area contributed by atoms with E-state index < -0.39 is 40.0 Å². The molecule has 0 aliphatic heterocycles. The molecule has 1 saturated carbocycles. The number of hydrogen-bond donors (Lipinski definition) is 0. The van der Waals surface area contributed by atoms with Gasteiger partial charge in [0.05, 0.1) is 5.56 Å². The van der Waals surface area contributed by atoms with Crippen molar-refractivity contribution in [3.8, 4) is 0 Å². The number of rotatable bonds is 8. The molecule has 3 aromatic carbocycles. The molecule has 0 radical (unpaired) electrons. The predicted octanol–water partition coefficient (Wildman–Crippen LogP) is 6.41. The molecule has 9 heteroatoms. The van der Waals surface area contributed by atoms with E-state index in [0.717, 1.165) is 18.4 Å². The van der Waals surface area contributed by atoms with Crippen LogP contribution in [0, 0.1) is 29.1 Å². The van der Waals surface area contributed by atoms with Crippen molar-refractivity contribution in [1.82, 2.24) is 4.31 Å². The SMILES string of the molecule is O=C(OCc1ccccc1)c1ccc(CN(Sc2c(F)c(F)c(F)c(F)c2F)C2CC2)cc1. The molecule has 0 heterocycles. The summed E-state index contributed by atoms with van der Waals surface area (Å²) in [4.78, 5) is 11.3. The quantitative estimate of drug-likeness (QED) is 0.123. The van der Waals surface area contributed by atoms with Crippen molar-refractivity contribution in [3.63, 3.8) is 0 Å². The second kappa shape index (κ2) is 9.93. The number of ether oxygens (including phenoxy) is 1. The summed E-state index contributed by atoms with van der Waals surface area (Å²) >= 11 is 0.506. The monoisotopic (exact) mass is 479 g/mol. The number of nitrogens with zero attached hydrogens (tertiary/aromatic N) is 1. The van der Waals surface area contributed by atoms with Gasteiger partial charge in [0, 0.05) is 12.6 Å². The highest BCUT2D eigenvalue weighted by molar-refractivity contribution is 7.97. The molecule has 0 spiro atoms. The zero-order valence-corrected chi connectivity index (χ0v) is 18.0. The van der Waals surface area contributed by atoms with E-state index in [4.69, 9.17) is 4.74 Å². The van der Waals surface area contributed by atoms with Crippen LogP contribution in [0.25, 0.3) is 0 Å². The average molecular weight is 479 g/mol. The fourth-order valence-electron chi connectivity index (χ4n) is 3.11. The summed E-state index contributed by atoms with van der Waals surface area (Å²) in [5, 5.41) is 0. The van der Waals surface area contributed by atoms with Gasteiger partial charge >= 0.3 is 5.97 Å². The Hall–Kier alpha value is -2.91. The lowest BCUT2D eigenvalue weighted by molar-refractivity contribution is 0.0472. The summed E-state index contributed by atoms with van der Waals surface area (Å²) in [6.45, 7) is 0.323. The number of esters is 1. The van der Waals surface area contributed by atoms with E-state index >= 15 is 0 Å². The van der Waals surface area contributed by atoms with Crippen molar-refractivity contribution in [2.45, 2.75) is 36.9 Å². The van der Waals surface area contributed by atoms with Gasteiger partial charge in [-0.05, 0) is 48.0 Å². The third kappa shape index (κ3) is 5.36. The maximum absolute atomic E-state index is 14.1. The van der Waals surface area contributed by atoms with Crippen molar-refractivity contribution >= 4 is 17.9 Å². The van der Waals surface area contributed by atoms with Crippen LogP contribution in [0.3, 0.4) is 0 Å². The third-order valence-corrected chi connectivity index (χ3v) is 6.28. The van der Waals surface area contributed by atoms with Gasteiger partial charge in [0.2, 0.25) is 5.82 Å². The van der Waals surface area contributed by atoms with Crippen LogP contribution >= 0.6 is 11.9 Å². The molecule has 3 aromatic rings. The summed E-state index contributed by atoms with van der Waals surface area (Å²) in [5.74, 6) is -10.3. The molecule has 172 valence electrons. The molecule has 4 rings (SSSR count). The summed E-state index contributed by atoms with van der Waals surface area (Å²) in [6.07, 6.45) is 1.48. The molecule has 0 N–H and O–H groups in total. The molecule has 0 amide bonds. The van der Waals surface area contributed by atoms with Crippen molar-refractivity contribution in [1.29, 1.82) is 0 Å². The Balaban J connectivity index is 1.44. The topological polar surface area (TPSA) is 29.5 Å². The summed E-state index contributed by atoms with van der Waals surface area (Å²) in [6, 6.07) is 15.6. The van der Waals surface area contributed by atoms with E-state index in [2.05, 4.69) is 0 Å². The van der Waals surface area contributed by atoms with Gasteiger partial charge in [-0.3, -0.25) is 0 Å². The Morgan fingerprint density at radius 1 is 0.818 bits per heavy atom. The van der Waals surface area contributed by atoms with Crippen LogP contribution in [-0.2, 0) is 17.9 Å². The summed E-state index contributed by atoms with van der Waals surface area (Å²) in [7, 11) is 0. The highest BCUT2D eigenvalue weighted by atomic mass is 32.2. The molecule has 0 bridgehead atoms. The van der Waals surface area contributed by atoms with Gasteiger partial charge in [-0.1, -0.05) is 42.5 Å². The average Bonchev–Trinajstić information content (AvgIpc) is 3.68. The van der Waals surface area contributed by atoms with Crippen LogP contribution < -0.4 is 0 Å². The first-order valence-corrected chi connectivity index (χ1v) is 10.9. The predicted molar refractivity (Wildman–Crippen MR) is 113 cm³/mol. The Kier molecular flexibility index (Phi) is 6.99. The number of benzene rings is 3. The fourth-order valence-corrected chi connectivity index (χ4v) is 4.26. The van der Waals surface area contributed by atoms with Gasteiger partial charge in [-0.2, -0.15) is 0 Å². The first-order chi connectivity index (χ1) is 15.8. The van der Waals surface area contributed by atoms with E-state index in [9.17, 15) is 26.7 Å². The minimum absolute atomic E-state index is 0.0551. The Bertz CT molecular complexity index is 1120. The zero-order chi connectivity index (χ0) is 23.5. The molecule has 0 saturated heterocycles. The van der Waals surface area contributed by atoms with Crippen molar-refractivity contribution in [2.75, 3.05) is 0 Å². The minimum atomic E-state index is -2.18. The molecule has 0 aromatic heterocycles. The Morgan fingerprint density at radius 3 is 1.97 bits per heavy atom. The van der Waals surface area contributed by atoms with E-state index in [1.165, 1.54) is 0 Å². The van der Waals surface area contributed by atoms with Crippen LogP contribution in [0.4, 0.5) is 22.0 Å². The Labute approximate surface area is 191 Å². The second-order valence-electron chi connectivity index (χ2n) is 7.56. The molecule has 0 atom stereocenters. The summed E-state index contributed by atoms with van der Waals surface area (Å²) < 4.78 is 75.5. The lowest BCUT2D eigenvalue weighted by atomic mass is 10.1. The third-order valence-electron chi connectivity index (χ3n) is 5.07. The first kappa shape index (κ1) is 23.3. The van der Waals surface area contributed by atoms with Gasteiger partial charge in [0.1, 0.15) is 11.5 Å². The van der Waals surface area contributed by atoms with Gasteiger partial charge in [0.15, 0.2) is 23.3 Å². The van der Waals surface area contributed by atoms with Gasteiger partial charge in [-0.25, -0.2) is 31.1 Å². The van der Waals surface area contributed by atoms with Crippen LogP contribution in [0.15, 0.2) is 59.5 Å². The standard InChI is InChI=1S/C24H18F5NO2S/c25-18-19(26)21(28)23(22(29)20(18)27)33-30(17-10-11-17)12-14-6-8-16(9-7-14)24(31)32-13-15-4-2-1-3-5-15/h1-9,17H,10-13H2. The Morgan fingerprint density at radius 2 is 1.39 bits per heavy atom. The van der Waals surface area contributed by atoms with E-state index in [1.54, 1.807) is 28.6 Å². The molecular formula is C24H18F5NO2S.